The molecular formula is C24H45O8P. The summed E-state index contributed by atoms with van der Waals surface area (Å²) in [5.74, 6) is -1.09. The number of rotatable bonds is 22. The summed E-state index contributed by atoms with van der Waals surface area (Å²) in [6.07, 6.45) is 20.2. The second-order valence-corrected chi connectivity index (χ2v) is 9.63. The lowest BCUT2D eigenvalue weighted by molar-refractivity contribution is -0.160. The van der Waals surface area contributed by atoms with Crippen molar-refractivity contribution in [3.05, 3.63) is 12.2 Å². The zero-order chi connectivity index (χ0) is 24.8. The van der Waals surface area contributed by atoms with E-state index in [1.54, 1.807) is 0 Å². The highest BCUT2D eigenvalue weighted by Crippen LogP contribution is 2.35. The largest absolute Gasteiger partial charge is 0.469 e. The molecule has 1 unspecified atom stereocenters. The van der Waals surface area contributed by atoms with E-state index < -0.39 is 32.5 Å². The van der Waals surface area contributed by atoms with E-state index in [4.69, 9.17) is 19.3 Å². The molecule has 0 saturated carbocycles. The van der Waals surface area contributed by atoms with Gasteiger partial charge in [0.2, 0.25) is 0 Å². The fourth-order valence-corrected chi connectivity index (χ4v) is 3.63. The Kier molecular flexibility index (Phi) is 20.5. The Bertz CT molecular complexity index is 573. The number of unbranched alkanes of at least 4 members (excludes halogenated alkanes) is 12. The van der Waals surface area contributed by atoms with E-state index in [1.807, 2.05) is 0 Å². The van der Waals surface area contributed by atoms with Crippen molar-refractivity contribution < 1.29 is 37.9 Å². The van der Waals surface area contributed by atoms with Crippen molar-refractivity contribution in [1.82, 2.24) is 0 Å². The van der Waals surface area contributed by atoms with Gasteiger partial charge in [0.25, 0.3) is 0 Å². The van der Waals surface area contributed by atoms with Crippen molar-refractivity contribution in [3.8, 4) is 0 Å². The molecule has 0 spiro atoms. The van der Waals surface area contributed by atoms with E-state index in [9.17, 15) is 14.2 Å². The molecule has 0 aromatic rings. The van der Waals surface area contributed by atoms with Gasteiger partial charge in [0.05, 0.1) is 6.61 Å². The predicted molar refractivity (Wildman–Crippen MR) is 129 cm³/mol. The molecule has 0 amide bonds. The highest BCUT2D eigenvalue weighted by Gasteiger charge is 2.22. The minimum Gasteiger partial charge on any atom is -0.462 e. The van der Waals surface area contributed by atoms with Crippen LogP contribution < -0.4 is 0 Å². The van der Waals surface area contributed by atoms with E-state index in [0.717, 1.165) is 32.1 Å². The third kappa shape index (κ3) is 25.3. The molecule has 33 heavy (non-hydrogen) atoms. The van der Waals surface area contributed by atoms with Crippen LogP contribution in [-0.4, -0.2) is 41.0 Å². The van der Waals surface area contributed by atoms with E-state index in [-0.39, 0.29) is 13.0 Å². The molecule has 0 radical (unpaired) electrons. The van der Waals surface area contributed by atoms with Gasteiger partial charge in [0.15, 0.2) is 6.10 Å². The lowest BCUT2D eigenvalue weighted by Crippen LogP contribution is -2.29. The average molecular weight is 493 g/mol. The van der Waals surface area contributed by atoms with Crippen LogP contribution >= 0.6 is 7.82 Å². The number of phosphoric acid groups is 1. The van der Waals surface area contributed by atoms with Crippen LogP contribution in [0.1, 0.15) is 110 Å². The number of carbonyl (C=O) groups is 2. The Labute approximate surface area is 199 Å². The van der Waals surface area contributed by atoms with Gasteiger partial charge in [0.1, 0.15) is 6.61 Å². The molecule has 2 N–H and O–H groups in total. The van der Waals surface area contributed by atoms with Crippen molar-refractivity contribution in [3.63, 3.8) is 0 Å². The summed E-state index contributed by atoms with van der Waals surface area (Å²) in [7, 11) is -4.70. The second kappa shape index (κ2) is 21.3. The monoisotopic (exact) mass is 492 g/mol. The van der Waals surface area contributed by atoms with Crippen LogP contribution in [0, 0.1) is 0 Å². The van der Waals surface area contributed by atoms with Gasteiger partial charge >= 0.3 is 19.8 Å². The van der Waals surface area contributed by atoms with Crippen LogP contribution in [0.25, 0.3) is 0 Å². The highest BCUT2D eigenvalue weighted by atomic mass is 31.2. The fraction of sp³-hybridized carbons (Fsp3) is 0.833. The molecule has 194 valence electrons. The van der Waals surface area contributed by atoms with E-state index in [2.05, 4.69) is 23.6 Å². The molecule has 0 aliphatic rings. The average Bonchev–Trinajstić information content (AvgIpc) is 2.74. The minimum atomic E-state index is -4.70. The SMILES string of the molecule is CCCCCCCCC/C=C\CCCCCCCC(=O)OC(COC(C)=O)COP(=O)(O)O. The van der Waals surface area contributed by atoms with Crippen molar-refractivity contribution in [2.45, 2.75) is 116 Å². The van der Waals surface area contributed by atoms with Crippen LogP contribution in [0.3, 0.4) is 0 Å². The topological polar surface area (TPSA) is 119 Å². The summed E-state index contributed by atoms with van der Waals surface area (Å²) in [5.41, 5.74) is 0. The normalized spacial score (nSPS) is 12.7. The summed E-state index contributed by atoms with van der Waals surface area (Å²) in [5, 5.41) is 0. The molecule has 0 aromatic carbocycles. The molecular weight excluding hydrogens is 447 g/mol. The maximum atomic E-state index is 11.9. The van der Waals surface area contributed by atoms with Crippen molar-refractivity contribution >= 4 is 19.8 Å². The third-order valence-corrected chi connectivity index (χ3v) is 5.58. The van der Waals surface area contributed by atoms with Gasteiger partial charge in [-0.25, -0.2) is 4.57 Å². The van der Waals surface area contributed by atoms with Gasteiger partial charge in [-0.1, -0.05) is 76.9 Å². The summed E-state index contributed by atoms with van der Waals surface area (Å²) in [4.78, 5) is 40.4. The molecule has 8 nitrogen and oxygen atoms in total. The summed E-state index contributed by atoms with van der Waals surface area (Å²) in [6, 6.07) is 0. The van der Waals surface area contributed by atoms with Gasteiger partial charge in [-0.05, 0) is 32.1 Å². The quantitative estimate of drug-likeness (QED) is 0.0817. The highest BCUT2D eigenvalue weighted by molar-refractivity contribution is 7.46. The Morgan fingerprint density at radius 3 is 1.85 bits per heavy atom. The molecule has 0 aliphatic carbocycles. The Morgan fingerprint density at radius 1 is 0.818 bits per heavy atom. The zero-order valence-electron chi connectivity index (χ0n) is 20.5. The molecule has 0 saturated heterocycles. The second-order valence-electron chi connectivity index (χ2n) is 8.39. The van der Waals surface area contributed by atoms with Crippen LogP contribution in [0.5, 0.6) is 0 Å². The van der Waals surface area contributed by atoms with Crippen molar-refractivity contribution in [1.29, 1.82) is 0 Å². The molecule has 0 aromatic heterocycles. The predicted octanol–water partition coefficient (Wildman–Crippen LogP) is 6.00. The number of hydrogen-bond donors (Lipinski definition) is 2. The standard InChI is InChI=1S/C24H45O8P/c1-3-4-5-6-7-8-9-10-11-12-13-14-15-16-17-18-19-24(26)32-23(20-30-22(2)25)21-31-33(27,28)29/h11-12,23H,3-10,13-21H2,1-2H3,(H2,27,28,29)/b12-11-. The Morgan fingerprint density at radius 2 is 1.33 bits per heavy atom. The molecule has 0 fully saturated rings. The Hall–Kier alpha value is -1.21. The number of phosphoric ester groups is 1. The summed E-state index contributed by atoms with van der Waals surface area (Å²) in [6.45, 7) is 2.57. The van der Waals surface area contributed by atoms with E-state index in [0.29, 0.717) is 6.42 Å². The molecule has 1 atom stereocenters. The molecule has 0 bridgehead atoms. The van der Waals surface area contributed by atoms with Crippen LogP contribution in [0.2, 0.25) is 0 Å². The first kappa shape index (κ1) is 31.8. The lowest BCUT2D eigenvalue weighted by Gasteiger charge is -2.18. The first-order valence-electron chi connectivity index (χ1n) is 12.4. The number of allylic oxidation sites excluding steroid dienone is 2. The van der Waals surface area contributed by atoms with Crippen LogP contribution in [0.4, 0.5) is 0 Å². The van der Waals surface area contributed by atoms with Gasteiger partial charge in [0, 0.05) is 13.3 Å². The molecule has 0 heterocycles. The first-order valence-corrected chi connectivity index (χ1v) is 14.0. The molecule has 9 heteroatoms. The summed E-state index contributed by atoms with van der Waals surface area (Å²) < 4.78 is 25.0. The maximum Gasteiger partial charge on any atom is 0.469 e. The minimum absolute atomic E-state index is 0.199. The third-order valence-electron chi connectivity index (χ3n) is 5.09. The maximum absolute atomic E-state index is 11.9. The lowest BCUT2D eigenvalue weighted by atomic mass is 10.1. The van der Waals surface area contributed by atoms with Gasteiger partial charge in [-0.3, -0.25) is 14.1 Å². The van der Waals surface area contributed by atoms with Gasteiger partial charge in [-0.15, -0.1) is 0 Å². The van der Waals surface area contributed by atoms with Gasteiger partial charge in [-0.2, -0.15) is 0 Å². The Balaban J connectivity index is 3.72. The first-order chi connectivity index (χ1) is 15.7. The molecule has 0 rings (SSSR count). The fourth-order valence-electron chi connectivity index (χ4n) is 3.27. The number of hydrogen-bond acceptors (Lipinski definition) is 6. The van der Waals surface area contributed by atoms with Crippen LogP contribution in [0.15, 0.2) is 12.2 Å². The van der Waals surface area contributed by atoms with Gasteiger partial charge < -0.3 is 19.3 Å². The zero-order valence-corrected chi connectivity index (χ0v) is 21.4. The van der Waals surface area contributed by atoms with Crippen LogP contribution in [-0.2, 0) is 28.2 Å². The van der Waals surface area contributed by atoms with Crippen molar-refractivity contribution in [2.24, 2.45) is 0 Å². The number of ether oxygens (including phenoxy) is 2. The number of esters is 2. The smallest absolute Gasteiger partial charge is 0.462 e. The van der Waals surface area contributed by atoms with E-state index >= 15 is 0 Å². The van der Waals surface area contributed by atoms with E-state index in [1.165, 1.54) is 58.3 Å². The molecule has 0 aliphatic heterocycles. The summed E-state index contributed by atoms with van der Waals surface area (Å²) >= 11 is 0. The van der Waals surface area contributed by atoms with Crippen molar-refractivity contribution in [2.75, 3.05) is 13.2 Å². The number of carbonyl (C=O) groups excluding carboxylic acids is 2.